The fourth-order valence-electron chi connectivity index (χ4n) is 3.78. The maximum absolute atomic E-state index is 6.26. The molecule has 2 N–H and O–H groups in total. The zero-order valence-corrected chi connectivity index (χ0v) is 12.3. The lowest BCUT2D eigenvalue weighted by molar-refractivity contribution is -0.174. The lowest BCUT2D eigenvalue weighted by Gasteiger charge is -2.46. The van der Waals surface area contributed by atoms with Crippen molar-refractivity contribution in [2.45, 2.75) is 77.7 Å². The van der Waals surface area contributed by atoms with Crippen LogP contribution in [-0.4, -0.2) is 31.0 Å². The van der Waals surface area contributed by atoms with Crippen molar-refractivity contribution in [3.8, 4) is 0 Å². The Bertz CT molecular complexity index is 280. The molecule has 2 aliphatic carbocycles. The standard InChI is InChI=1S/C15H29NO2/c1-5-17-14-12(16)7-13(14)18-11-6-10(2)8-15(3,4)9-11/h10-14H,5-9,16H2,1-4H3. The van der Waals surface area contributed by atoms with Gasteiger partial charge in [0, 0.05) is 12.6 Å². The van der Waals surface area contributed by atoms with E-state index < -0.39 is 0 Å². The molecule has 0 aromatic carbocycles. The summed E-state index contributed by atoms with van der Waals surface area (Å²) in [6.45, 7) is 9.79. The molecule has 2 aliphatic rings. The van der Waals surface area contributed by atoms with Gasteiger partial charge in [-0.2, -0.15) is 0 Å². The fourth-order valence-corrected chi connectivity index (χ4v) is 3.78. The van der Waals surface area contributed by atoms with E-state index in [4.69, 9.17) is 15.2 Å². The summed E-state index contributed by atoms with van der Waals surface area (Å²) in [5.74, 6) is 0.762. The maximum atomic E-state index is 6.26. The number of nitrogens with two attached hydrogens (primary N) is 1. The summed E-state index contributed by atoms with van der Waals surface area (Å²) in [6, 6.07) is 0.170. The molecule has 0 aromatic rings. The summed E-state index contributed by atoms with van der Waals surface area (Å²) in [6.07, 6.45) is 5.36. The van der Waals surface area contributed by atoms with E-state index in [2.05, 4.69) is 20.8 Å². The van der Waals surface area contributed by atoms with Gasteiger partial charge in [0.25, 0.3) is 0 Å². The van der Waals surface area contributed by atoms with Crippen molar-refractivity contribution in [1.29, 1.82) is 0 Å². The van der Waals surface area contributed by atoms with Crippen LogP contribution in [0.25, 0.3) is 0 Å². The van der Waals surface area contributed by atoms with E-state index in [1.54, 1.807) is 0 Å². The van der Waals surface area contributed by atoms with E-state index in [0.29, 0.717) is 11.5 Å². The predicted octanol–water partition coefficient (Wildman–Crippen LogP) is 2.72. The van der Waals surface area contributed by atoms with Gasteiger partial charge >= 0.3 is 0 Å². The molecule has 0 spiro atoms. The number of hydrogen-bond acceptors (Lipinski definition) is 3. The van der Waals surface area contributed by atoms with Gasteiger partial charge in [-0.1, -0.05) is 20.8 Å². The SMILES string of the molecule is CCOC1C(N)CC1OC1CC(C)CC(C)(C)C1. The predicted molar refractivity (Wildman–Crippen MR) is 73.5 cm³/mol. The third-order valence-corrected chi connectivity index (χ3v) is 4.37. The molecular formula is C15H29NO2. The number of ether oxygens (including phenoxy) is 2. The Hall–Kier alpha value is -0.120. The molecule has 18 heavy (non-hydrogen) atoms. The third kappa shape index (κ3) is 3.25. The van der Waals surface area contributed by atoms with Gasteiger partial charge in [-0.25, -0.2) is 0 Å². The van der Waals surface area contributed by atoms with Crippen LogP contribution in [0.4, 0.5) is 0 Å². The topological polar surface area (TPSA) is 44.5 Å². The largest absolute Gasteiger partial charge is 0.374 e. The molecule has 0 bridgehead atoms. The molecule has 2 rings (SSSR count). The van der Waals surface area contributed by atoms with Crippen molar-refractivity contribution >= 4 is 0 Å². The van der Waals surface area contributed by atoms with Crippen molar-refractivity contribution in [3.63, 3.8) is 0 Å². The van der Waals surface area contributed by atoms with E-state index in [0.717, 1.165) is 18.9 Å². The Kier molecular flexibility index (Phi) is 4.35. The van der Waals surface area contributed by atoms with Crippen LogP contribution in [0, 0.1) is 11.3 Å². The van der Waals surface area contributed by atoms with Crippen molar-refractivity contribution in [2.24, 2.45) is 17.1 Å². The third-order valence-electron chi connectivity index (χ3n) is 4.37. The second-order valence-corrected chi connectivity index (χ2v) is 7.03. The highest BCUT2D eigenvalue weighted by Gasteiger charge is 2.43. The molecule has 2 fully saturated rings. The van der Waals surface area contributed by atoms with Gasteiger partial charge in [0.1, 0.15) is 0 Å². The fraction of sp³-hybridized carbons (Fsp3) is 1.00. The molecule has 5 unspecified atom stereocenters. The van der Waals surface area contributed by atoms with Gasteiger partial charge in [0.15, 0.2) is 0 Å². The first-order chi connectivity index (χ1) is 8.41. The second-order valence-electron chi connectivity index (χ2n) is 7.03. The Morgan fingerprint density at radius 1 is 1.22 bits per heavy atom. The Labute approximate surface area is 111 Å². The molecule has 3 nitrogen and oxygen atoms in total. The first-order valence-electron chi connectivity index (χ1n) is 7.44. The molecule has 0 radical (unpaired) electrons. The Morgan fingerprint density at radius 2 is 1.94 bits per heavy atom. The first kappa shape index (κ1) is 14.3. The van der Waals surface area contributed by atoms with Crippen LogP contribution in [0.2, 0.25) is 0 Å². The minimum Gasteiger partial charge on any atom is -0.374 e. The van der Waals surface area contributed by atoms with E-state index in [-0.39, 0.29) is 18.2 Å². The molecule has 0 aromatic heterocycles. The molecule has 2 saturated carbocycles. The quantitative estimate of drug-likeness (QED) is 0.840. The average molecular weight is 255 g/mol. The highest BCUT2D eigenvalue weighted by molar-refractivity contribution is 4.96. The molecule has 3 heteroatoms. The van der Waals surface area contributed by atoms with E-state index >= 15 is 0 Å². The maximum Gasteiger partial charge on any atom is 0.0988 e. The van der Waals surface area contributed by atoms with Gasteiger partial charge in [-0.15, -0.1) is 0 Å². The molecular weight excluding hydrogens is 226 g/mol. The van der Waals surface area contributed by atoms with Crippen molar-refractivity contribution < 1.29 is 9.47 Å². The monoisotopic (exact) mass is 255 g/mol. The molecule has 106 valence electrons. The summed E-state index contributed by atoms with van der Waals surface area (Å²) in [4.78, 5) is 0. The van der Waals surface area contributed by atoms with Crippen LogP contribution in [-0.2, 0) is 9.47 Å². The summed E-state index contributed by atoms with van der Waals surface area (Å²) < 4.78 is 11.9. The summed E-state index contributed by atoms with van der Waals surface area (Å²) in [5, 5.41) is 0. The number of hydrogen-bond donors (Lipinski definition) is 1. The van der Waals surface area contributed by atoms with Crippen LogP contribution in [0.3, 0.4) is 0 Å². The van der Waals surface area contributed by atoms with Gasteiger partial charge in [0.2, 0.25) is 0 Å². The molecule has 0 heterocycles. The van der Waals surface area contributed by atoms with Crippen molar-refractivity contribution in [3.05, 3.63) is 0 Å². The molecule has 5 atom stereocenters. The second kappa shape index (κ2) is 5.48. The van der Waals surface area contributed by atoms with Gasteiger partial charge < -0.3 is 15.2 Å². The Balaban J connectivity index is 1.86. The minimum atomic E-state index is 0.121. The highest BCUT2D eigenvalue weighted by atomic mass is 16.6. The average Bonchev–Trinajstić information content (AvgIpc) is 2.22. The summed E-state index contributed by atoms with van der Waals surface area (Å²) >= 11 is 0. The normalized spacial score (nSPS) is 43.5. The molecule has 0 amide bonds. The Morgan fingerprint density at radius 3 is 2.50 bits per heavy atom. The lowest BCUT2D eigenvalue weighted by atomic mass is 9.71. The van der Waals surface area contributed by atoms with Crippen LogP contribution in [0.1, 0.15) is 53.4 Å². The van der Waals surface area contributed by atoms with Crippen LogP contribution in [0.5, 0.6) is 0 Å². The van der Waals surface area contributed by atoms with Crippen LogP contribution in [0.15, 0.2) is 0 Å². The van der Waals surface area contributed by atoms with E-state index in [1.807, 2.05) is 6.92 Å². The summed E-state index contributed by atoms with van der Waals surface area (Å²) in [5.41, 5.74) is 6.39. The van der Waals surface area contributed by atoms with Crippen LogP contribution < -0.4 is 5.73 Å². The summed E-state index contributed by atoms with van der Waals surface area (Å²) in [7, 11) is 0. The van der Waals surface area contributed by atoms with Gasteiger partial charge in [-0.3, -0.25) is 0 Å². The molecule has 0 saturated heterocycles. The highest BCUT2D eigenvalue weighted by Crippen LogP contribution is 2.41. The zero-order chi connectivity index (χ0) is 13.3. The molecule has 0 aliphatic heterocycles. The van der Waals surface area contributed by atoms with Crippen molar-refractivity contribution in [1.82, 2.24) is 0 Å². The first-order valence-corrected chi connectivity index (χ1v) is 7.44. The van der Waals surface area contributed by atoms with E-state index in [9.17, 15) is 0 Å². The van der Waals surface area contributed by atoms with Gasteiger partial charge in [-0.05, 0) is 43.9 Å². The minimum absolute atomic E-state index is 0.121. The van der Waals surface area contributed by atoms with Crippen LogP contribution >= 0.6 is 0 Å². The number of rotatable bonds is 4. The smallest absolute Gasteiger partial charge is 0.0988 e. The van der Waals surface area contributed by atoms with Crippen molar-refractivity contribution in [2.75, 3.05) is 6.61 Å². The van der Waals surface area contributed by atoms with Gasteiger partial charge in [0.05, 0.1) is 18.3 Å². The lowest BCUT2D eigenvalue weighted by Crippen LogP contribution is -2.59. The van der Waals surface area contributed by atoms with E-state index in [1.165, 1.54) is 19.3 Å². The zero-order valence-electron chi connectivity index (χ0n) is 12.3.